The number of nitrogens with one attached hydrogen (secondary N) is 1. The van der Waals surface area contributed by atoms with Gasteiger partial charge in [-0.2, -0.15) is 0 Å². The minimum Gasteiger partial charge on any atom is -0.392 e. The smallest absolute Gasteiger partial charge is 0.0713 e. The SMILES string of the molecule is CCC(Nc1cccc(Br)c1CO)C(C)C. The van der Waals surface area contributed by atoms with Gasteiger partial charge in [0.15, 0.2) is 0 Å². The average Bonchev–Trinajstić information content (AvgIpc) is 2.25. The van der Waals surface area contributed by atoms with Crippen LogP contribution < -0.4 is 5.32 Å². The van der Waals surface area contributed by atoms with Crippen molar-refractivity contribution >= 4 is 21.6 Å². The highest BCUT2D eigenvalue weighted by atomic mass is 79.9. The number of rotatable bonds is 5. The van der Waals surface area contributed by atoms with Crippen LogP contribution in [0.5, 0.6) is 0 Å². The molecule has 0 fully saturated rings. The van der Waals surface area contributed by atoms with E-state index in [4.69, 9.17) is 0 Å². The number of hydrogen-bond acceptors (Lipinski definition) is 2. The van der Waals surface area contributed by atoms with Gasteiger partial charge in [0.2, 0.25) is 0 Å². The number of aliphatic hydroxyl groups is 1. The molecule has 1 rings (SSSR count). The van der Waals surface area contributed by atoms with E-state index in [0.29, 0.717) is 12.0 Å². The van der Waals surface area contributed by atoms with Crippen LogP contribution in [-0.4, -0.2) is 11.1 Å². The second-order valence-electron chi connectivity index (χ2n) is 4.33. The van der Waals surface area contributed by atoms with Crippen LogP contribution in [0.25, 0.3) is 0 Å². The summed E-state index contributed by atoms with van der Waals surface area (Å²) in [7, 11) is 0. The first-order valence-electron chi connectivity index (χ1n) is 5.74. The second kappa shape index (κ2) is 6.26. The Morgan fingerprint density at radius 1 is 1.38 bits per heavy atom. The lowest BCUT2D eigenvalue weighted by Gasteiger charge is -2.23. The lowest BCUT2D eigenvalue weighted by atomic mass is 10.0. The fourth-order valence-electron chi connectivity index (χ4n) is 1.79. The Kier molecular flexibility index (Phi) is 5.29. The summed E-state index contributed by atoms with van der Waals surface area (Å²) in [5.74, 6) is 0.579. The van der Waals surface area contributed by atoms with Crippen molar-refractivity contribution in [2.45, 2.75) is 39.8 Å². The van der Waals surface area contributed by atoms with Gasteiger partial charge >= 0.3 is 0 Å². The molecule has 2 nitrogen and oxygen atoms in total. The molecule has 0 aliphatic carbocycles. The molecule has 0 aromatic heterocycles. The maximum atomic E-state index is 9.35. The highest BCUT2D eigenvalue weighted by Gasteiger charge is 2.13. The van der Waals surface area contributed by atoms with E-state index in [0.717, 1.165) is 22.1 Å². The molecule has 0 spiro atoms. The number of benzene rings is 1. The van der Waals surface area contributed by atoms with Gasteiger partial charge in [-0.1, -0.05) is 42.8 Å². The van der Waals surface area contributed by atoms with Crippen molar-refractivity contribution in [2.75, 3.05) is 5.32 Å². The molecule has 0 saturated carbocycles. The molecule has 0 aliphatic rings. The topological polar surface area (TPSA) is 32.3 Å². The summed E-state index contributed by atoms with van der Waals surface area (Å²) in [6, 6.07) is 6.40. The van der Waals surface area contributed by atoms with E-state index in [2.05, 4.69) is 42.0 Å². The first-order chi connectivity index (χ1) is 7.60. The molecule has 90 valence electrons. The zero-order valence-electron chi connectivity index (χ0n) is 10.1. The summed E-state index contributed by atoms with van der Waals surface area (Å²) in [6.45, 7) is 6.64. The summed E-state index contributed by atoms with van der Waals surface area (Å²) >= 11 is 3.46. The zero-order chi connectivity index (χ0) is 12.1. The largest absolute Gasteiger partial charge is 0.392 e. The van der Waals surface area contributed by atoms with Gasteiger partial charge < -0.3 is 10.4 Å². The van der Waals surface area contributed by atoms with Crippen LogP contribution in [0.2, 0.25) is 0 Å². The molecule has 0 amide bonds. The Labute approximate surface area is 106 Å². The molecule has 1 aromatic rings. The highest BCUT2D eigenvalue weighted by Crippen LogP contribution is 2.26. The zero-order valence-corrected chi connectivity index (χ0v) is 11.7. The van der Waals surface area contributed by atoms with Gasteiger partial charge in [-0.05, 0) is 24.5 Å². The van der Waals surface area contributed by atoms with E-state index >= 15 is 0 Å². The van der Waals surface area contributed by atoms with Crippen LogP contribution >= 0.6 is 15.9 Å². The number of aliphatic hydroxyl groups excluding tert-OH is 1. The third kappa shape index (κ3) is 3.22. The third-order valence-electron chi connectivity index (χ3n) is 2.86. The summed E-state index contributed by atoms with van der Waals surface area (Å²) < 4.78 is 0.957. The molecular weight excluding hydrogens is 266 g/mol. The minimum atomic E-state index is 0.0539. The molecule has 0 radical (unpaired) electrons. The van der Waals surface area contributed by atoms with E-state index in [9.17, 15) is 5.11 Å². The lowest BCUT2D eigenvalue weighted by Crippen LogP contribution is -2.25. The Hall–Kier alpha value is -0.540. The van der Waals surface area contributed by atoms with Crippen LogP contribution in [0.15, 0.2) is 22.7 Å². The fraction of sp³-hybridized carbons (Fsp3) is 0.538. The summed E-state index contributed by atoms with van der Waals surface area (Å²) in [5.41, 5.74) is 1.96. The lowest BCUT2D eigenvalue weighted by molar-refractivity contribution is 0.281. The van der Waals surface area contributed by atoms with Gasteiger partial charge in [-0.15, -0.1) is 0 Å². The molecule has 0 aliphatic heterocycles. The maximum Gasteiger partial charge on any atom is 0.0713 e. The molecular formula is C13H20BrNO. The first-order valence-corrected chi connectivity index (χ1v) is 6.54. The molecule has 3 heteroatoms. The number of anilines is 1. The van der Waals surface area contributed by atoms with E-state index in [1.54, 1.807) is 0 Å². The fourth-order valence-corrected chi connectivity index (χ4v) is 2.29. The van der Waals surface area contributed by atoms with Crippen molar-refractivity contribution in [1.29, 1.82) is 0 Å². The van der Waals surface area contributed by atoms with E-state index in [1.165, 1.54) is 0 Å². The predicted molar refractivity (Wildman–Crippen MR) is 72.6 cm³/mol. The van der Waals surface area contributed by atoms with E-state index in [-0.39, 0.29) is 6.61 Å². The first kappa shape index (κ1) is 13.5. The van der Waals surface area contributed by atoms with Gasteiger partial charge in [0.25, 0.3) is 0 Å². The van der Waals surface area contributed by atoms with Gasteiger partial charge in [0, 0.05) is 21.8 Å². The standard InChI is InChI=1S/C13H20BrNO/c1-4-12(9(2)3)15-13-7-5-6-11(14)10(13)8-16/h5-7,9,12,15-16H,4,8H2,1-3H3. The Balaban J connectivity index is 2.91. The van der Waals surface area contributed by atoms with Crippen LogP contribution in [0.1, 0.15) is 32.8 Å². The van der Waals surface area contributed by atoms with Crippen LogP contribution in [0.3, 0.4) is 0 Å². The maximum absolute atomic E-state index is 9.35. The van der Waals surface area contributed by atoms with Crippen LogP contribution in [-0.2, 0) is 6.61 Å². The summed E-state index contributed by atoms with van der Waals surface area (Å²) in [4.78, 5) is 0. The number of hydrogen-bond donors (Lipinski definition) is 2. The molecule has 1 aromatic carbocycles. The van der Waals surface area contributed by atoms with Gasteiger partial charge in [-0.25, -0.2) is 0 Å². The summed E-state index contributed by atoms with van der Waals surface area (Å²) in [6.07, 6.45) is 1.08. The van der Waals surface area contributed by atoms with Gasteiger partial charge in [-0.3, -0.25) is 0 Å². The molecule has 1 atom stereocenters. The van der Waals surface area contributed by atoms with Crippen LogP contribution in [0.4, 0.5) is 5.69 Å². The van der Waals surface area contributed by atoms with Crippen molar-refractivity contribution < 1.29 is 5.11 Å². The Morgan fingerprint density at radius 2 is 2.06 bits per heavy atom. The number of halogens is 1. The highest BCUT2D eigenvalue weighted by molar-refractivity contribution is 9.10. The van der Waals surface area contributed by atoms with Crippen molar-refractivity contribution in [3.63, 3.8) is 0 Å². The van der Waals surface area contributed by atoms with Gasteiger partial charge in [0.05, 0.1) is 6.61 Å². The molecule has 0 heterocycles. The van der Waals surface area contributed by atoms with E-state index < -0.39 is 0 Å². The van der Waals surface area contributed by atoms with Crippen molar-refractivity contribution in [2.24, 2.45) is 5.92 Å². The second-order valence-corrected chi connectivity index (χ2v) is 5.18. The average molecular weight is 286 g/mol. The molecule has 0 bridgehead atoms. The quantitative estimate of drug-likeness (QED) is 0.863. The predicted octanol–water partition coefficient (Wildman–Crippen LogP) is 3.79. The minimum absolute atomic E-state index is 0.0539. The Morgan fingerprint density at radius 3 is 2.56 bits per heavy atom. The van der Waals surface area contributed by atoms with E-state index in [1.807, 2.05) is 18.2 Å². The third-order valence-corrected chi connectivity index (χ3v) is 3.61. The van der Waals surface area contributed by atoms with Crippen molar-refractivity contribution in [3.05, 3.63) is 28.2 Å². The van der Waals surface area contributed by atoms with Crippen LogP contribution in [0, 0.1) is 5.92 Å². The molecule has 2 N–H and O–H groups in total. The Bertz CT molecular complexity index is 339. The normalized spacial score (nSPS) is 12.9. The monoisotopic (exact) mass is 285 g/mol. The molecule has 0 saturated heterocycles. The van der Waals surface area contributed by atoms with Crippen molar-refractivity contribution in [1.82, 2.24) is 0 Å². The summed E-state index contributed by atoms with van der Waals surface area (Å²) in [5, 5.41) is 12.9. The van der Waals surface area contributed by atoms with Crippen molar-refractivity contribution in [3.8, 4) is 0 Å². The van der Waals surface area contributed by atoms with Gasteiger partial charge in [0.1, 0.15) is 0 Å². The molecule has 16 heavy (non-hydrogen) atoms. The molecule has 1 unspecified atom stereocenters.